The summed E-state index contributed by atoms with van der Waals surface area (Å²) in [6, 6.07) is 0. The van der Waals surface area contributed by atoms with Gasteiger partial charge < -0.3 is 10.2 Å². The van der Waals surface area contributed by atoms with Crippen LogP contribution in [0.3, 0.4) is 0 Å². The van der Waals surface area contributed by atoms with Crippen LogP contribution in [-0.4, -0.2) is 47.0 Å². The van der Waals surface area contributed by atoms with Gasteiger partial charge in [0.1, 0.15) is 0 Å². The molecule has 0 aromatic carbocycles. The maximum atomic E-state index is 9.49. The molecule has 0 aromatic heterocycles. The number of nitrogens with zero attached hydrogens (tertiary/aromatic N) is 1. The molecule has 0 spiro atoms. The van der Waals surface area contributed by atoms with Crippen molar-refractivity contribution in [3.63, 3.8) is 0 Å². The maximum Gasteiger partial charge on any atom is 0.0938 e. The molecule has 138 valence electrons. The summed E-state index contributed by atoms with van der Waals surface area (Å²) in [4.78, 5) is 2.19. The van der Waals surface area contributed by atoms with Gasteiger partial charge in [-0.15, -0.1) is 0 Å². The fourth-order valence-corrected chi connectivity index (χ4v) is 3.56. The lowest BCUT2D eigenvalue weighted by molar-refractivity contribution is 0.0572. The lowest BCUT2D eigenvalue weighted by Gasteiger charge is -2.14. The van der Waals surface area contributed by atoms with Gasteiger partial charge in [-0.1, -0.05) is 90.4 Å². The van der Waals surface area contributed by atoms with E-state index < -0.39 is 12.2 Å². The Bertz CT molecular complexity index is 250. The van der Waals surface area contributed by atoms with Gasteiger partial charge in [-0.3, -0.25) is 4.90 Å². The summed E-state index contributed by atoms with van der Waals surface area (Å²) < 4.78 is 0. The number of β-amino-alcohol motifs (C(OH)–C–C–N with tert-alkyl or cyclic N) is 2. The molecule has 0 aliphatic carbocycles. The van der Waals surface area contributed by atoms with E-state index >= 15 is 0 Å². The van der Waals surface area contributed by atoms with Crippen LogP contribution < -0.4 is 0 Å². The first kappa shape index (κ1) is 20.9. The minimum Gasteiger partial charge on any atom is -0.389 e. The van der Waals surface area contributed by atoms with Gasteiger partial charge >= 0.3 is 0 Å². The van der Waals surface area contributed by atoms with E-state index in [-0.39, 0.29) is 0 Å². The molecule has 0 radical (unpaired) electrons. The fourth-order valence-electron chi connectivity index (χ4n) is 3.56. The molecular formula is C20H41NO2. The van der Waals surface area contributed by atoms with Crippen LogP contribution in [0.15, 0.2) is 0 Å². The Morgan fingerprint density at radius 2 is 0.957 bits per heavy atom. The Labute approximate surface area is 144 Å². The molecule has 0 amide bonds. The van der Waals surface area contributed by atoms with Crippen LogP contribution in [0.2, 0.25) is 0 Å². The molecule has 0 bridgehead atoms. The highest BCUT2D eigenvalue weighted by atomic mass is 16.3. The van der Waals surface area contributed by atoms with E-state index in [2.05, 4.69) is 11.8 Å². The molecule has 0 aromatic rings. The van der Waals surface area contributed by atoms with Gasteiger partial charge in [0.15, 0.2) is 0 Å². The van der Waals surface area contributed by atoms with Crippen molar-refractivity contribution in [2.45, 2.75) is 109 Å². The summed E-state index contributed by atoms with van der Waals surface area (Å²) in [7, 11) is 0. The SMILES string of the molecule is CCCCCCCCCCCCCCCCN1C[C@H](O)[C@@H](O)C1. The van der Waals surface area contributed by atoms with E-state index in [1.54, 1.807) is 0 Å². The van der Waals surface area contributed by atoms with Crippen LogP contribution in [0.1, 0.15) is 96.8 Å². The predicted octanol–water partition coefficient (Wildman–Crippen LogP) is 4.51. The molecule has 1 heterocycles. The van der Waals surface area contributed by atoms with Crippen molar-refractivity contribution in [2.75, 3.05) is 19.6 Å². The largest absolute Gasteiger partial charge is 0.389 e. The average Bonchev–Trinajstić information content (AvgIpc) is 2.86. The molecule has 23 heavy (non-hydrogen) atoms. The van der Waals surface area contributed by atoms with Crippen LogP contribution in [0.25, 0.3) is 0 Å². The Morgan fingerprint density at radius 3 is 1.35 bits per heavy atom. The molecule has 1 saturated heterocycles. The second kappa shape index (κ2) is 14.2. The Balaban J connectivity index is 1.72. The van der Waals surface area contributed by atoms with Crippen molar-refractivity contribution >= 4 is 0 Å². The molecule has 0 saturated carbocycles. The number of rotatable bonds is 15. The third kappa shape index (κ3) is 11.1. The summed E-state index contributed by atoms with van der Waals surface area (Å²) in [5.74, 6) is 0. The summed E-state index contributed by atoms with van der Waals surface area (Å²) in [5, 5.41) is 19.0. The Hall–Kier alpha value is -0.120. The van der Waals surface area contributed by atoms with Gasteiger partial charge in [-0.25, -0.2) is 0 Å². The van der Waals surface area contributed by atoms with E-state index in [4.69, 9.17) is 0 Å². The topological polar surface area (TPSA) is 43.7 Å². The first-order chi connectivity index (χ1) is 11.2. The van der Waals surface area contributed by atoms with Crippen molar-refractivity contribution in [2.24, 2.45) is 0 Å². The van der Waals surface area contributed by atoms with Crippen LogP contribution in [0.4, 0.5) is 0 Å². The first-order valence-electron chi connectivity index (χ1n) is 10.3. The number of unbranched alkanes of at least 4 members (excludes halogenated alkanes) is 13. The van der Waals surface area contributed by atoms with Crippen LogP contribution >= 0.6 is 0 Å². The van der Waals surface area contributed by atoms with Gasteiger partial charge in [0.25, 0.3) is 0 Å². The Morgan fingerprint density at radius 1 is 0.609 bits per heavy atom. The van der Waals surface area contributed by atoms with Crippen molar-refractivity contribution < 1.29 is 10.2 Å². The lowest BCUT2D eigenvalue weighted by Crippen LogP contribution is -2.23. The molecule has 3 nitrogen and oxygen atoms in total. The molecule has 1 fully saturated rings. The molecular weight excluding hydrogens is 286 g/mol. The maximum absolute atomic E-state index is 9.49. The number of aliphatic hydroxyl groups is 2. The summed E-state index contributed by atoms with van der Waals surface area (Å²) in [6.45, 7) is 4.62. The van der Waals surface area contributed by atoms with Crippen molar-refractivity contribution in [1.29, 1.82) is 0 Å². The van der Waals surface area contributed by atoms with Gasteiger partial charge in [-0.05, 0) is 13.0 Å². The molecule has 0 unspecified atom stereocenters. The molecule has 3 heteroatoms. The van der Waals surface area contributed by atoms with Crippen molar-refractivity contribution in [3.05, 3.63) is 0 Å². The van der Waals surface area contributed by atoms with E-state index in [1.165, 1.54) is 89.9 Å². The zero-order valence-electron chi connectivity index (χ0n) is 15.5. The number of likely N-dealkylation sites (tertiary alicyclic amines) is 1. The first-order valence-corrected chi connectivity index (χ1v) is 10.3. The minimum atomic E-state index is -0.526. The summed E-state index contributed by atoms with van der Waals surface area (Å²) in [5.41, 5.74) is 0. The normalized spacial score (nSPS) is 22.0. The minimum absolute atomic E-state index is 0.526. The predicted molar refractivity (Wildman–Crippen MR) is 98.8 cm³/mol. The van der Waals surface area contributed by atoms with Crippen molar-refractivity contribution in [3.8, 4) is 0 Å². The van der Waals surface area contributed by atoms with Gasteiger partial charge in [0.05, 0.1) is 12.2 Å². The van der Waals surface area contributed by atoms with Gasteiger partial charge in [0.2, 0.25) is 0 Å². The van der Waals surface area contributed by atoms with E-state index in [9.17, 15) is 10.2 Å². The van der Waals surface area contributed by atoms with Crippen LogP contribution in [0, 0.1) is 0 Å². The summed E-state index contributed by atoms with van der Waals surface area (Å²) in [6.07, 6.45) is 18.4. The highest BCUT2D eigenvalue weighted by molar-refractivity contribution is 4.82. The number of aliphatic hydroxyl groups excluding tert-OH is 2. The highest BCUT2D eigenvalue weighted by Gasteiger charge is 2.28. The van der Waals surface area contributed by atoms with Crippen LogP contribution in [0.5, 0.6) is 0 Å². The fraction of sp³-hybridized carbons (Fsp3) is 1.00. The number of hydrogen-bond donors (Lipinski definition) is 2. The molecule has 1 rings (SSSR count). The van der Waals surface area contributed by atoms with Crippen molar-refractivity contribution in [1.82, 2.24) is 4.90 Å². The standard InChI is InChI=1S/C20H41NO2/c1-2-3-4-5-6-7-8-9-10-11-12-13-14-15-16-21-17-19(22)20(23)18-21/h19-20,22-23H,2-18H2,1H3/t19-,20-/m0/s1. The second-order valence-electron chi connectivity index (χ2n) is 7.49. The zero-order valence-corrected chi connectivity index (χ0v) is 15.5. The third-order valence-electron chi connectivity index (χ3n) is 5.16. The van der Waals surface area contributed by atoms with Gasteiger partial charge in [-0.2, -0.15) is 0 Å². The molecule has 1 aliphatic rings. The highest BCUT2D eigenvalue weighted by Crippen LogP contribution is 2.14. The molecule has 2 atom stereocenters. The lowest BCUT2D eigenvalue weighted by atomic mass is 10.0. The smallest absolute Gasteiger partial charge is 0.0938 e. The van der Waals surface area contributed by atoms with Gasteiger partial charge in [0, 0.05) is 13.1 Å². The summed E-state index contributed by atoms with van der Waals surface area (Å²) >= 11 is 0. The quantitative estimate of drug-likeness (QED) is 0.435. The van der Waals surface area contributed by atoms with E-state index in [0.717, 1.165) is 6.54 Å². The molecule has 2 N–H and O–H groups in total. The molecule has 1 aliphatic heterocycles. The second-order valence-corrected chi connectivity index (χ2v) is 7.49. The van der Waals surface area contributed by atoms with Crippen LogP contribution in [-0.2, 0) is 0 Å². The monoisotopic (exact) mass is 327 g/mol. The third-order valence-corrected chi connectivity index (χ3v) is 5.16. The van der Waals surface area contributed by atoms with E-state index in [0.29, 0.717) is 13.1 Å². The average molecular weight is 328 g/mol. The van der Waals surface area contributed by atoms with E-state index in [1.807, 2.05) is 0 Å². The number of hydrogen-bond acceptors (Lipinski definition) is 3. The Kier molecular flexibility index (Phi) is 13.0. The zero-order chi connectivity index (χ0) is 16.8.